The van der Waals surface area contributed by atoms with Crippen molar-refractivity contribution >= 4 is 40.8 Å². The summed E-state index contributed by atoms with van der Waals surface area (Å²) in [7, 11) is 1.50. The minimum absolute atomic E-state index is 0.114. The number of hydrogen-bond donors (Lipinski definition) is 1. The summed E-state index contributed by atoms with van der Waals surface area (Å²) in [5, 5.41) is 3.30. The monoisotopic (exact) mass is 444 g/mol. The number of benzene rings is 2. The first-order valence-corrected chi connectivity index (χ1v) is 9.69. The zero-order valence-corrected chi connectivity index (χ0v) is 17.8. The zero-order valence-electron chi connectivity index (χ0n) is 16.2. The minimum Gasteiger partial charge on any atom is -0.496 e. The lowest BCUT2D eigenvalue weighted by Crippen LogP contribution is -2.14. The van der Waals surface area contributed by atoms with Crippen molar-refractivity contribution in [2.75, 3.05) is 12.4 Å². The highest BCUT2D eigenvalue weighted by Gasteiger charge is 2.15. The lowest BCUT2D eigenvalue weighted by molar-refractivity contribution is -0.133. The number of nitrogens with one attached hydrogen (secondary N) is 1. The van der Waals surface area contributed by atoms with E-state index < -0.39 is 5.97 Å². The summed E-state index contributed by atoms with van der Waals surface area (Å²) in [6, 6.07) is 15.0. The second-order valence-electron chi connectivity index (χ2n) is 6.34. The van der Waals surface area contributed by atoms with Crippen molar-refractivity contribution in [2.45, 2.75) is 13.3 Å². The number of rotatable bonds is 6. The van der Waals surface area contributed by atoms with E-state index in [1.165, 1.54) is 7.11 Å². The third-order valence-electron chi connectivity index (χ3n) is 4.16. The highest BCUT2D eigenvalue weighted by Crippen LogP contribution is 2.25. The Bertz CT molecular complexity index is 1060. The van der Waals surface area contributed by atoms with Crippen LogP contribution in [0.5, 0.6) is 11.5 Å². The standard InChI is InChI=1S/C22H18Cl2N2O4/c1-13-11-18(23)17(21(24)25-13)12-20(27)30-15-9-7-14(8-10-15)26-22(28)16-5-3-4-6-19(16)29-2/h3-11H,12H2,1-2H3,(H,26,28). The highest BCUT2D eigenvalue weighted by molar-refractivity contribution is 6.35. The van der Waals surface area contributed by atoms with E-state index in [2.05, 4.69) is 10.3 Å². The molecule has 0 fully saturated rings. The molecule has 0 aliphatic heterocycles. The van der Waals surface area contributed by atoms with Crippen molar-refractivity contribution in [3.05, 3.63) is 81.6 Å². The van der Waals surface area contributed by atoms with Crippen LogP contribution in [0.15, 0.2) is 54.6 Å². The van der Waals surface area contributed by atoms with Crippen molar-refractivity contribution in [1.82, 2.24) is 4.98 Å². The van der Waals surface area contributed by atoms with Crippen LogP contribution in [-0.2, 0) is 11.2 Å². The number of para-hydroxylation sites is 1. The molecular formula is C22H18Cl2N2O4. The van der Waals surface area contributed by atoms with E-state index in [1.54, 1.807) is 61.5 Å². The van der Waals surface area contributed by atoms with Crippen molar-refractivity contribution in [1.29, 1.82) is 0 Å². The van der Waals surface area contributed by atoms with Gasteiger partial charge in [0.2, 0.25) is 0 Å². The first-order chi connectivity index (χ1) is 14.4. The summed E-state index contributed by atoms with van der Waals surface area (Å²) >= 11 is 12.2. The average Bonchev–Trinajstić information content (AvgIpc) is 2.72. The van der Waals surface area contributed by atoms with Gasteiger partial charge in [-0.25, -0.2) is 4.98 Å². The van der Waals surface area contributed by atoms with Crippen LogP contribution in [0.2, 0.25) is 10.2 Å². The van der Waals surface area contributed by atoms with E-state index in [0.29, 0.717) is 39.0 Å². The predicted molar refractivity (Wildman–Crippen MR) is 116 cm³/mol. The van der Waals surface area contributed by atoms with Gasteiger partial charge in [-0.1, -0.05) is 35.3 Å². The van der Waals surface area contributed by atoms with Gasteiger partial charge in [0, 0.05) is 22.0 Å². The number of methoxy groups -OCH3 is 1. The topological polar surface area (TPSA) is 77.5 Å². The number of esters is 1. The van der Waals surface area contributed by atoms with Gasteiger partial charge >= 0.3 is 5.97 Å². The molecule has 0 spiro atoms. The minimum atomic E-state index is -0.532. The first-order valence-electron chi connectivity index (χ1n) is 8.94. The third-order valence-corrected chi connectivity index (χ3v) is 4.81. The number of amides is 1. The second-order valence-corrected chi connectivity index (χ2v) is 7.11. The molecule has 0 bridgehead atoms. The summed E-state index contributed by atoms with van der Waals surface area (Å²) in [6.07, 6.45) is -0.114. The molecule has 2 aromatic carbocycles. The molecule has 0 saturated heterocycles. The molecule has 3 rings (SSSR count). The van der Waals surface area contributed by atoms with Crippen LogP contribution in [0.3, 0.4) is 0 Å². The molecule has 1 heterocycles. The normalized spacial score (nSPS) is 10.4. The highest BCUT2D eigenvalue weighted by atomic mass is 35.5. The van der Waals surface area contributed by atoms with Crippen LogP contribution >= 0.6 is 23.2 Å². The largest absolute Gasteiger partial charge is 0.496 e. The van der Waals surface area contributed by atoms with Crippen molar-refractivity contribution in [2.24, 2.45) is 0 Å². The van der Waals surface area contributed by atoms with E-state index >= 15 is 0 Å². The number of carbonyl (C=O) groups is 2. The number of nitrogens with zero attached hydrogens (tertiary/aromatic N) is 1. The summed E-state index contributed by atoms with van der Waals surface area (Å²) in [5.74, 6) is -0.0466. The van der Waals surface area contributed by atoms with E-state index in [-0.39, 0.29) is 17.5 Å². The Morgan fingerprint density at radius 1 is 1.07 bits per heavy atom. The molecule has 0 aliphatic carbocycles. The number of pyridine rings is 1. The fourth-order valence-electron chi connectivity index (χ4n) is 2.73. The Hall–Kier alpha value is -3.09. The number of anilines is 1. The van der Waals surface area contributed by atoms with Crippen LogP contribution in [0.25, 0.3) is 0 Å². The molecule has 154 valence electrons. The summed E-state index contributed by atoms with van der Waals surface area (Å²) < 4.78 is 10.5. The van der Waals surface area contributed by atoms with Crippen molar-refractivity contribution in [3.8, 4) is 11.5 Å². The number of hydrogen-bond acceptors (Lipinski definition) is 5. The van der Waals surface area contributed by atoms with E-state index in [1.807, 2.05) is 0 Å². The Kier molecular flexibility index (Phi) is 6.92. The van der Waals surface area contributed by atoms with Gasteiger partial charge in [0.15, 0.2) is 0 Å². The van der Waals surface area contributed by atoms with Gasteiger partial charge in [-0.2, -0.15) is 0 Å². The van der Waals surface area contributed by atoms with Crippen LogP contribution < -0.4 is 14.8 Å². The zero-order chi connectivity index (χ0) is 21.7. The summed E-state index contributed by atoms with van der Waals surface area (Å²) in [4.78, 5) is 28.8. The number of ether oxygens (including phenoxy) is 2. The second kappa shape index (κ2) is 9.61. The number of carbonyl (C=O) groups excluding carboxylic acids is 2. The molecule has 1 N–H and O–H groups in total. The van der Waals surface area contributed by atoms with Crippen molar-refractivity contribution < 1.29 is 19.1 Å². The molecule has 0 radical (unpaired) electrons. The average molecular weight is 445 g/mol. The van der Waals surface area contributed by atoms with Crippen LogP contribution in [0.1, 0.15) is 21.6 Å². The Balaban J connectivity index is 1.63. The summed E-state index contributed by atoms with van der Waals surface area (Å²) in [6.45, 7) is 1.76. The predicted octanol–water partition coefficient (Wildman–Crippen LogP) is 5.11. The molecule has 8 heteroatoms. The molecule has 0 saturated carbocycles. The molecule has 0 atom stereocenters. The van der Waals surface area contributed by atoms with Gasteiger partial charge in [0.05, 0.1) is 19.1 Å². The molecular weight excluding hydrogens is 427 g/mol. The third kappa shape index (κ3) is 5.28. The molecule has 30 heavy (non-hydrogen) atoms. The molecule has 1 amide bonds. The van der Waals surface area contributed by atoms with Crippen LogP contribution in [0.4, 0.5) is 5.69 Å². The maximum absolute atomic E-state index is 12.4. The quantitative estimate of drug-likeness (QED) is 0.324. The van der Waals surface area contributed by atoms with Gasteiger partial charge < -0.3 is 14.8 Å². The van der Waals surface area contributed by atoms with Gasteiger partial charge in [-0.3, -0.25) is 9.59 Å². The fraction of sp³-hybridized carbons (Fsp3) is 0.136. The molecule has 3 aromatic rings. The van der Waals surface area contributed by atoms with Crippen molar-refractivity contribution in [3.63, 3.8) is 0 Å². The number of aryl methyl sites for hydroxylation is 1. The number of aromatic nitrogens is 1. The maximum atomic E-state index is 12.4. The van der Waals surface area contributed by atoms with Gasteiger partial charge in [0.1, 0.15) is 16.7 Å². The molecule has 6 nitrogen and oxygen atoms in total. The Labute approximate surface area is 183 Å². The molecule has 0 unspecified atom stereocenters. The van der Waals surface area contributed by atoms with E-state index in [0.717, 1.165) is 0 Å². The number of halogens is 2. The van der Waals surface area contributed by atoms with Crippen LogP contribution in [0, 0.1) is 6.92 Å². The first kappa shape index (κ1) is 21.6. The van der Waals surface area contributed by atoms with Gasteiger partial charge in [0.25, 0.3) is 5.91 Å². The van der Waals surface area contributed by atoms with Crippen LogP contribution in [-0.4, -0.2) is 24.0 Å². The Morgan fingerprint density at radius 2 is 1.77 bits per heavy atom. The fourth-order valence-corrected chi connectivity index (χ4v) is 3.39. The SMILES string of the molecule is COc1ccccc1C(=O)Nc1ccc(OC(=O)Cc2c(Cl)cc(C)nc2Cl)cc1. The summed E-state index contributed by atoms with van der Waals surface area (Å²) in [5.41, 5.74) is 2.03. The van der Waals surface area contributed by atoms with E-state index in [4.69, 9.17) is 32.7 Å². The van der Waals surface area contributed by atoms with E-state index in [9.17, 15) is 9.59 Å². The smallest absolute Gasteiger partial charge is 0.315 e. The lowest BCUT2D eigenvalue weighted by Gasteiger charge is -2.10. The lowest BCUT2D eigenvalue weighted by atomic mass is 10.2. The molecule has 0 aliphatic rings. The maximum Gasteiger partial charge on any atom is 0.315 e. The molecule has 1 aromatic heterocycles. The van der Waals surface area contributed by atoms with Gasteiger partial charge in [-0.15, -0.1) is 0 Å². The van der Waals surface area contributed by atoms with Gasteiger partial charge in [-0.05, 0) is 49.4 Å². The Morgan fingerprint density at radius 3 is 2.43 bits per heavy atom.